The minimum Gasteiger partial charge on any atom is -0.497 e. The van der Waals surface area contributed by atoms with Gasteiger partial charge in [0, 0.05) is 86.5 Å². The summed E-state index contributed by atoms with van der Waals surface area (Å²) in [5.41, 5.74) is 5.14. The lowest BCUT2D eigenvalue weighted by molar-refractivity contribution is -0.144. The van der Waals surface area contributed by atoms with Gasteiger partial charge in [-0.3, -0.25) is 19.2 Å². The van der Waals surface area contributed by atoms with E-state index in [4.69, 9.17) is 27.9 Å². The highest BCUT2D eigenvalue weighted by Crippen LogP contribution is 2.42. The van der Waals surface area contributed by atoms with Crippen LogP contribution in [0.25, 0.3) is 0 Å². The first-order valence-corrected chi connectivity index (χ1v) is 27.2. The SMILES string of the molecule is CCCCCC1(c2ccc(Cl)c(Cl)c2)CN(C(=O)[C@@H](Cc2ccc(OC)cc2)NC(=O)CCc2cnc[nH]2)C1.CCCCCC1(c2ccccc2)CN(C(=O)[C@@H](Cc2ccc(F)c(F)c2)NC(=O)CCc2cnc[nH]2)C1. The third kappa shape index (κ3) is 15.3. The molecule has 0 bridgehead atoms. The van der Waals surface area contributed by atoms with Gasteiger partial charge in [0.15, 0.2) is 11.6 Å². The number of aromatic amines is 2. The van der Waals surface area contributed by atoms with Gasteiger partial charge in [0.05, 0.1) is 29.8 Å². The van der Waals surface area contributed by atoms with Crippen LogP contribution in [0.4, 0.5) is 8.78 Å². The molecule has 13 nitrogen and oxygen atoms in total. The van der Waals surface area contributed by atoms with Crippen LogP contribution >= 0.6 is 23.2 Å². The summed E-state index contributed by atoms with van der Waals surface area (Å²) in [5, 5.41) is 6.90. The zero-order chi connectivity index (χ0) is 54.1. The van der Waals surface area contributed by atoms with E-state index in [9.17, 15) is 28.0 Å². The molecule has 0 unspecified atom stereocenters. The van der Waals surface area contributed by atoms with Crippen LogP contribution in [0.5, 0.6) is 5.75 Å². The van der Waals surface area contributed by atoms with Crippen molar-refractivity contribution in [3.8, 4) is 5.75 Å². The predicted molar refractivity (Wildman–Crippen MR) is 292 cm³/mol. The molecule has 76 heavy (non-hydrogen) atoms. The van der Waals surface area contributed by atoms with Crippen molar-refractivity contribution in [2.24, 2.45) is 0 Å². The van der Waals surface area contributed by atoms with Gasteiger partial charge in [-0.25, -0.2) is 18.7 Å². The highest BCUT2D eigenvalue weighted by atomic mass is 35.5. The smallest absolute Gasteiger partial charge is 0.245 e. The molecule has 8 rings (SSSR count). The Bertz CT molecular complexity index is 2810. The molecule has 4 heterocycles. The van der Waals surface area contributed by atoms with Crippen molar-refractivity contribution in [3.05, 3.63) is 171 Å². The molecule has 2 saturated heterocycles. The molecule has 4 amide bonds. The van der Waals surface area contributed by atoms with E-state index in [2.05, 4.69) is 56.5 Å². The number of aryl methyl sites for hydroxylation is 2. The van der Waals surface area contributed by atoms with E-state index in [1.165, 1.54) is 11.6 Å². The third-order valence-corrected chi connectivity index (χ3v) is 15.4. The lowest BCUT2D eigenvalue weighted by Crippen LogP contribution is -2.65. The average molecular weight is 1080 g/mol. The van der Waals surface area contributed by atoms with Crippen LogP contribution in [0, 0.1) is 11.6 Å². The lowest BCUT2D eigenvalue weighted by Gasteiger charge is -2.52. The largest absolute Gasteiger partial charge is 0.497 e. The van der Waals surface area contributed by atoms with Crippen LogP contribution in [0.3, 0.4) is 0 Å². The molecule has 0 aliphatic carbocycles. The van der Waals surface area contributed by atoms with E-state index in [1.807, 2.05) is 65.6 Å². The lowest BCUT2D eigenvalue weighted by atomic mass is 9.70. The van der Waals surface area contributed by atoms with Crippen LogP contribution < -0.4 is 15.4 Å². The summed E-state index contributed by atoms with van der Waals surface area (Å²) in [6, 6.07) is 25.7. The Balaban J connectivity index is 0.000000221. The van der Waals surface area contributed by atoms with Crippen LogP contribution in [0.2, 0.25) is 10.0 Å². The number of likely N-dealkylation sites (tertiary alicyclic amines) is 2. The second-order valence-corrected chi connectivity index (χ2v) is 21.1. The summed E-state index contributed by atoms with van der Waals surface area (Å²) in [4.78, 5) is 70.7. The Morgan fingerprint density at radius 2 is 1.14 bits per heavy atom. The number of carbonyl (C=O) groups is 4. The maximum atomic E-state index is 13.9. The molecule has 0 spiro atoms. The Morgan fingerprint density at radius 3 is 1.62 bits per heavy atom. The van der Waals surface area contributed by atoms with Gasteiger partial charge in [-0.2, -0.15) is 0 Å². The predicted octanol–water partition coefficient (Wildman–Crippen LogP) is 10.5. The number of hydrogen-bond donors (Lipinski definition) is 4. The first-order chi connectivity index (χ1) is 36.7. The summed E-state index contributed by atoms with van der Waals surface area (Å²) in [7, 11) is 1.62. The van der Waals surface area contributed by atoms with Gasteiger partial charge in [-0.1, -0.05) is 130 Å². The molecule has 2 fully saturated rings. The van der Waals surface area contributed by atoms with Crippen LogP contribution in [-0.4, -0.2) is 98.7 Å². The number of nitrogens with one attached hydrogen (secondary N) is 4. The van der Waals surface area contributed by atoms with Crippen molar-refractivity contribution in [2.75, 3.05) is 33.3 Å². The van der Waals surface area contributed by atoms with Crippen molar-refractivity contribution >= 4 is 46.8 Å². The number of benzene rings is 4. The number of H-pyrrole nitrogens is 2. The van der Waals surface area contributed by atoms with Crippen LogP contribution in [-0.2, 0) is 55.7 Å². The number of hydrogen-bond acceptors (Lipinski definition) is 7. The summed E-state index contributed by atoms with van der Waals surface area (Å²) in [5.74, 6) is -1.92. The van der Waals surface area contributed by atoms with Crippen LogP contribution in [0.1, 0.15) is 112 Å². The maximum absolute atomic E-state index is 13.9. The first-order valence-electron chi connectivity index (χ1n) is 26.4. The fourth-order valence-corrected chi connectivity index (χ4v) is 10.6. The number of unbranched alkanes of at least 4 members (excludes halogenated alkanes) is 4. The zero-order valence-electron chi connectivity index (χ0n) is 43.7. The van der Waals surface area contributed by atoms with E-state index >= 15 is 0 Å². The second-order valence-electron chi connectivity index (χ2n) is 20.3. The van der Waals surface area contributed by atoms with E-state index in [1.54, 1.807) is 37.1 Å². The summed E-state index contributed by atoms with van der Waals surface area (Å²) >= 11 is 12.6. The van der Waals surface area contributed by atoms with Gasteiger partial charge in [0.2, 0.25) is 23.6 Å². The minimum absolute atomic E-state index is 0.0770. The van der Waals surface area contributed by atoms with Crippen molar-refractivity contribution in [1.29, 1.82) is 0 Å². The number of imidazole rings is 2. The molecule has 6 aromatic rings. The highest BCUT2D eigenvalue weighted by molar-refractivity contribution is 6.42. The number of carbonyl (C=O) groups excluding carboxylic acids is 4. The number of halogens is 4. The molecule has 0 saturated carbocycles. The molecule has 404 valence electrons. The molecule has 2 aromatic heterocycles. The second kappa shape index (κ2) is 27.5. The van der Waals surface area contributed by atoms with E-state index in [0.29, 0.717) is 61.1 Å². The van der Waals surface area contributed by atoms with Gasteiger partial charge >= 0.3 is 0 Å². The molecule has 2 atom stereocenters. The van der Waals surface area contributed by atoms with E-state index in [0.717, 1.165) is 91.8 Å². The van der Waals surface area contributed by atoms with Gasteiger partial charge in [0.25, 0.3) is 0 Å². The molecule has 2 aliphatic rings. The normalized spacial score (nSPS) is 15.0. The van der Waals surface area contributed by atoms with E-state index < -0.39 is 23.7 Å². The van der Waals surface area contributed by atoms with Crippen LogP contribution in [0.15, 0.2) is 116 Å². The highest BCUT2D eigenvalue weighted by Gasteiger charge is 2.48. The van der Waals surface area contributed by atoms with Crippen molar-refractivity contribution < 1.29 is 32.7 Å². The Hall–Kier alpha value is -6.58. The average Bonchev–Trinajstić information content (AvgIpc) is 4.14. The van der Waals surface area contributed by atoms with Gasteiger partial charge in [0.1, 0.15) is 17.8 Å². The topological polar surface area (TPSA) is 165 Å². The Morgan fingerprint density at radius 1 is 0.632 bits per heavy atom. The zero-order valence-corrected chi connectivity index (χ0v) is 45.2. The number of aromatic nitrogens is 4. The molecular weight excluding hydrogens is 1010 g/mol. The quantitative estimate of drug-likeness (QED) is 0.0414. The molecule has 17 heteroatoms. The number of methoxy groups -OCH3 is 1. The van der Waals surface area contributed by atoms with Gasteiger partial charge in [-0.15, -0.1) is 0 Å². The number of nitrogens with zero attached hydrogens (tertiary/aromatic N) is 4. The number of ether oxygens (including phenoxy) is 1. The number of rotatable bonds is 25. The first kappa shape index (κ1) is 57.1. The molecule has 2 aliphatic heterocycles. The monoisotopic (exact) mass is 1080 g/mol. The minimum atomic E-state index is -0.975. The molecule has 4 N–H and O–H groups in total. The Kier molecular flexibility index (Phi) is 20.6. The van der Waals surface area contributed by atoms with Crippen molar-refractivity contribution in [1.82, 2.24) is 40.4 Å². The molecule has 4 aromatic carbocycles. The molecular formula is C59H70Cl2F2N8O5. The fourth-order valence-electron chi connectivity index (χ4n) is 10.3. The summed E-state index contributed by atoms with van der Waals surface area (Å²) in [6.07, 6.45) is 17.0. The third-order valence-electron chi connectivity index (χ3n) is 14.7. The summed E-state index contributed by atoms with van der Waals surface area (Å²) < 4.78 is 32.6. The van der Waals surface area contributed by atoms with Gasteiger partial charge < -0.3 is 35.1 Å². The standard InChI is InChI=1S/C30H36Cl2N4O3.C29H34F2N4O2/c1-3-4-5-14-30(22-8-12-25(31)26(32)16-22)18-36(19-30)29(38)27(15-21-6-10-24(39-2)11-7-21)35-28(37)13-9-23-17-33-20-34-23;1-2-3-7-14-29(22-8-5-4-6-9-22)18-35(19-29)28(37)26(16-21-10-12-24(30)25(31)15-21)34-27(36)13-11-23-17-32-20-33-23/h6-8,10-12,16-17,20,27H,3-5,9,13-15,18-19H2,1-2H3,(H,33,34)(H,35,37);4-6,8-10,12,15,17,20,26H,2-3,7,11,13-14,16,18-19H2,1H3,(H,32,33)(H,34,36)/t27-;26-/m11/s1. The molecule has 0 radical (unpaired) electrons. The van der Waals surface area contributed by atoms with Gasteiger partial charge in [-0.05, 0) is 84.3 Å². The summed E-state index contributed by atoms with van der Waals surface area (Å²) in [6.45, 7) is 6.65. The van der Waals surface area contributed by atoms with Crippen molar-refractivity contribution in [2.45, 2.75) is 127 Å². The fraction of sp³-hybridized carbons (Fsp3) is 0.424. The number of amides is 4. The Labute approximate surface area is 454 Å². The van der Waals surface area contributed by atoms with Crippen molar-refractivity contribution in [3.63, 3.8) is 0 Å². The van der Waals surface area contributed by atoms with E-state index in [-0.39, 0.29) is 53.7 Å². The maximum Gasteiger partial charge on any atom is 0.245 e.